The maximum Gasteiger partial charge on any atom is 0.270 e. The highest BCUT2D eigenvalue weighted by Gasteiger charge is 2.09. The standard InChI is InChI=1S/C16H13N5O/c1-2-21-19-16(18-20-21)17-15(22)14-10-8-13(9-11-14)12-6-4-3-5-7-12/h2-11H,1H2,(H,17,19,22). The lowest BCUT2D eigenvalue weighted by molar-refractivity contribution is 0.102. The van der Waals surface area contributed by atoms with Crippen LogP contribution in [0, 0.1) is 0 Å². The van der Waals surface area contributed by atoms with Crippen LogP contribution < -0.4 is 5.32 Å². The second-order valence-corrected chi connectivity index (χ2v) is 4.51. The van der Waals surface area contributed by atoms with Crippen molar-refractivity contribution in [2.45, 2.75) is 0 Å². The molecule has 0 aliphatic rings. The summed E-state index contributed by atoms with van der Waals surface area (Å²) in [6.07, 6.45) is 1.39. The van der Waals surface area contributed by atoms with E-state index in [1.54, 1.807) is 12.1 Å². The van der Waals surface area contributed by atoms with Crippen molar-refractivity contribution >= 4 is 18.1 Å². The Balaban J connectivity index is 1.75. The SMILES string of the molecule is C=Cn1nnc(NC(=O)c2ccc(-c3ccccc3)cc2)n1. The predicted molar refractivity (Wildman–Crippen MR) is 84.0 cm³/mol. The van der Waals surface area contributed by atoms with E-state index < -0.39 is 0 Å². The molecule has 22 heavy (non-hydrogen) atoms. The first-order valence-electron chi connectivity index (χ1n) is 6.65. The van der Waals surface area contributed by atoms with Crippen LogP contribution in [0.1, 0.15) is 10.4 Å². The van der Waals surface area contributed by atoms with Gasteiger partial charge in [0.1, 0.15) is 0 Å². The van der Waals surface area contributed by atoms with Crippen molar-refractivity contribution in [3.05, 3.63) is 66.7 Å². The van der Waals surface area contributed by atoms with Crippen molar-refractivity contribution in [3.63, 3.8) is 0 Å². The van der Waals surface area contributed by atoms with Crippen LogP contribution in [0.15, 0.2) is 61.2 Å². The molecule has 3 aromatic rings. The van der Waals surface area contributed by atoms with Crippen molar-refractivity contribution < 1.29 is 4.79 Å². The van der Waals surface area contributed by atoms with Crippen LogP contribution in [0.3, 0.4) is 0 Å². The molecule has 6 heteroatoms. The molecule has 0 unspecified atom stereocenters. The van der Waals surface area contributed by atoms with E-state index in [9.17, 15) is 4.79 Å². The molecule has 2 aromatic carbocycles. The summed E-state index contributed by atoms with van der Waals surface area (Å²) in [5.41, 5.74) is 2.67. The molecule has 0 saturated carbocycles. The lowest BCUT2D eigenvalue weighted by atomic mass is 10.0. The Morgan fingerprint density at radius 3 is 2.36 bits per heavy atom. The minimum Gasteiger partial charge on any atom is -0.288 e. The molecule has 6 nitrogen and oxygen atoms in total. The van der Waals surface area contributed by atoms with E-state index in [0.29, 0.717) is 5.56 Å². The maximum atomic E-state index is 12.1. The summed E-state index contributed by atoms with van der Waals surface area (Å²) < 4.78 is 0. The average molecular weight is 291 g/mol. The number of nitrogens with one attached hydrogen (secondary N) is 1. The Bertz CT molecular complexity index is 793. The number of hydrogen-bond donors (Lipinski definition) is 1. The Morgan fingerprint density at radius 2 is 1.73 bits per heavy atom. The summed E-state index contributed by atoms with van der Waals surface area (Å²) in [6.45, 7) is 3.51. The van der Waals surface area contributed by atoms with Crippen molar-refractivity contribution in [1.82, 2.24) is 20.2 Å². The fourth-order valence-corrected chi connectivity index (χ4v) is 1.97. The van der Waals surface area contributed by atoms with Crippen molar-refractivity contribution in [1.29, 1.82) is 0 Å². The summed E-state index contributed by atoms with van der Waals surface area (Å²) in [5, 5.41) is 13.9. The van der Waals surface area contributed by atoms with E-state index >= 15 is 0 Å². The quantitative estimate of drug-likeness (QED) is 0.802. The van der Waals surface area contributed by atoms with Crippen molar-refractivity contribution in [2.24, 2.45) is 0 Å². The molecule has 108 valence electrons. The zero-order chi connectivity index (χ0) is 15.4. The molecule has 0 saturated heterocycles. The zero-order valence-corrected chi connectivity index (χ0v) is 11.7. The van der Waals surface area contributed by atoms with Crippen LogP contribution in [-0.2, 0) is 0 Å². The van der Waals surface area contributed by atoms with Crippen LogP contribution in [0.25, 0.3) is 17.3 Å². The van der Waals surface area contributed by atoms with Crippen molar-refractivity contribution in [3.8, 4) is 11.1 Å². The first kappa shape index (κ1) is 13.7. The van der Waals surface area contributed by atoms with E-state index in [0.717, 1.165) is 11.1 Å². The second kappa shape index (κ2) is 6.01. The van der Waals surface area contributed by atoms with Crippen LogP contribution in [0.2, 0.25) is 0 Å². The molecule has 0 aliphatic heterocycles. The molecular formula is C16H13N5O. The fraction of sp³-hybridized carbons (Fsp3) is 0. The monoisotopic (exact) mass is 291 g/mol. The van der Waals surface area contributed by atoms with Crippen LogP contribution in [0.4, 0.5) is 5.95 Å². The summed E-state index contributed by atoms with van der Waals surface area (Å²) in [6, 6.07) is 17.3. The van der Waals surface area contributed by atoms with Gasteiger partial charge in [0.25, 0.3) is 11.9 Å². The number of tetrazole rings is 1. The van der Waals surface area contributed by atoms with Gasteiger partial charge in [0.15, 0.2) is 0 Å². The summed E-state index contributed by atoms with van der Waals surface area (Å²) in [5.74, 6) is -0.153. The third kappa shape index (κ3) is 2.90. The molecule has 0 spiro atoms. The smallest absolute Gasteiger partial charge is 0.270 e. The Labute approximate surface area is 127 Å². The molecule has 1 amide bonds. The van der Waals surface area contributed by atoms with Gasteiger partial charge in [0.05, 0.1) is 0 Å². The second-order valence-electron chi connectivity index (χ2n) is 4.51. The van der Waals surface area contributed by atoms with Crippen molar-refractivity contribution in [2.75, 3.05) is 5.32 Å². The number of anilines is 1. The van der Waals surface area contributed by atoms with E-state index in [1.165, 1.54) is 11.0 Å². The summed E-state index contributed by atoms with van der Waals surface area (Å²) in [7, 11) is 0. The lowest BCUT2D eigenvalue weighted by Crippen LogP contribution is -2.13. The van der Waals surface area contributed by atoms with Gasteiger partial charge in [-0.1, -0.05) is 54.1 Å². The maximum absolute atomic E-state index is 12.1. The zero-order valence-electron chi connectivity index (χ0n) is 11.7. The van der Waals surface area contributed by atoms with E-state index in [-0.39, 0.29) is 11.9 Å². The van der Waals surface area contributed by atoms with Crippen LogP contribution in [-0.4, -0.2) is 26.1 Å². The Kier molecular flexibility index (Phi) is 3.74. The van der Waals surface area contributed by atoms with E-state index in [1.807, 2.05) is 42.5 Å². The lowest BCUT2D eigenvalue weighted by Gasteiger charge is -2.04. The molecule has 0 radical (unpaired) electrons. The van der Waals surface area contributed by atoms with E-state index in [2.05, 4.69) is 27.3 Å². The molecule has 0 aliphatic carbocycles. The largest absolute Gasteiger partial charge is 0.288 e. The van der Waals surface area contributed by atoms with Gasteiger partial charge < -0.3 is 0 Å². The highest BCUT2D eigenvalue weighted by Crippen LogP contribution is 2.19. The third-order valence-corrected chi connectivity index (χ3v) is 3.07. The summed E-state index contributed by atoms with van der Waals surface area (Å²) in [4.78, 5) is 13.3. The van der Waals surface area contributed by atoms with Gasteiger partial charge in [-0.2, -0.15) is 0 Å². The number of amides is 1. The number of carbonyl (C=O) groups is 1. The minimum atomic E-state index is -0.289. The van der Waals surface area contributed by atoms with E-state index in [4.69, 9.17) is 0 Å². The number of nitrogens with zero attached hydrogens (tertiary/aromatic N) is 4. The van der Waals surface area contributed by atoms with Gasteiger partial charge in [-0.3, -0.25) is 10.1 Å². The highest BCUT2D eigenvalue weighted by atomic mass is 16.1. The molecule has 1 heterocycles. The highest BCUT2D eigenvalue weighted by molar-refractivity contribution is 6.03. The number of hydrogen-bond acceptors (Lipinski definition) is 4. The average Bonchev–Trinajstić information content (AvgIpc) is 3.03. The third-order valence-electron chi connectivity index (χ3n) is 3.07. The van der Waals surface area contributed by atoms with Gasteiger partial charge in [0, 0.05) is 11.8 Å². The van der Waals surface area contributed by atoms with Gasteiger partial charge >= 0.3 is 0 Å². The number of aromatic nitrogens is 4. The van der Waals surface area contributed by atoms with Gasteiger partial charge in [0.2, 0.25) is 0 Å². The van der Waals surface area contributed by atoms with Gasteiger partial charge in [-0.25, -0.2) is 0 Å². The number of benzene rings is 2. The predicted octanol–water partition coefficient (Wildman–Crippen LogP) is 2.69. The van der Waals surface area contributed by atoms with Crippen LogP contribution in [0.5, 0.6) is 0 Å². The fourth-order valence-electron chi connectivity index (χ4n) is 1.97. The Hall–Kier alpha value is -3.28. The topological polar surface area (TPSA) is 72.7 Å². The molecule has 3 rings (SSSR count). The molecule has 0 fully saturated rings. The summed E-state index contributed by atoms with van der Waals surface area (Å²) >= 11 is 0. The van der Waals surface area contributed by atoms with Gasteiger partial charge in [-0.15, -0.1) is 9.90 Å². The molecule has 1 N–H and O–H groups in total. The first-order chi connectivity index (χ1) is 10.8. The number of rotatable bonds is 4. The normalized spacial score (nSPS) is 10.2. The minimum absolute atomic E-state index is 0.136. The molecule has 0 bridgehead atoms. The molecule has 0 atom stereocenters. The van der Waals surface area contributed by atoms with Crippen LogP contribution >= 0.6 is 0 Å². The molecule has 1 aromatic heterocycles. The van der Waals surface area contributed by atoms with Gasteiger partial charge in [-0.05, 0) is 28.5 Å². The first-order valence-corrected chi connectivity index (χ1v) is 6.65. The number of carbonyl (C=O) groups excluding carboxylic acids is 1. The Morgan fingerprint density at radius 1 is 1.05 bits per heavy atom. The molecular weight excluding hydrogens is 278 g/mol.